The van der Waals surface area contributed by atoms with Gasteiger partial charge in [0.15, 0.2) is 0 Å². The van der Waals surface area contributed by atoms with Gasteiger partial charge in [-0.1, -0.05) is 42.5 Å². The van der Waals surface area contributed by atoms with Crippen molar-refractivity contribution in [3.63, 3.8) is 0 Å². The van der Waals surface area contributed by atoms with Crippen LogP contribution in [-0.2, 0) is 4.79 Å². The lowest BCUT2D eigenvalue weighted by Crippen LogP contribution is -2.39. The van der Waals surface area contributed by atoms with Gasteiger partial charge in [-0.3, -0.25) is 19.4 Å². The topological polar surface area (TPSA) is 114 Å². The molecule has 1 amide bonds. The van der Waals surface area contributed by atoms with Crippen LogP contribution < -0.4 is 27.2 Å². The van der Waals surface area contributed by atoms with Crippen molar-refractivity contribution >= 4 is 23.0 Å². The number of carbonyl (C=O) groups excluding carboxylic acids is 1. The first-order valence-corrected chi connectivity index (χ1v) is 9.68. The average molecular weight is 412 g/mol. The molecule has 3 aromatic carbocycles. The molecule has 1 atom stereocenters. The fourth-order valence-corrected chi connectivity index (χ4v) is 3.47. The van der Waals surface area contributed by atoms with E-state index in [1.165, 1.54) is 0 Å². The first kappa shape index (κ1) is 20.0. The quantitative estimate of drug-likeness (QED) is 0.402. The smallest absolute Gasteiger partial charge is 0.253 e. The minimum Gasteiger partial charge on any atom is -0.368 e. The molecule has 1 aromatic heterocycles. The van der Waals surface area contributed by atoms with Crippen LogP contribution in [0.15, 0.2) is 82.6 Å². The zero-order chi connectivity index (χ0) is 22.0. The summed E-state index contributed by atoms with van der Waals surface area (Å²) in [6.45, 7) is 2.01. The van der Waals surface area contributed by atoms with Crippen molar-refractivity contribution in [3.8, 4) is 11.1 Å². The number of nitrogens with two attached hydrogens (primary N) is 1. The van der Waals surface area contributed by atoms with Crippen molar-refractivity contribution < 1.29 is 4.79 Å². The molecule has 0 saturated carbocycles. The van der Waals surface area contributed by atoms with Crippen molar-refractivity contribution in [3.05, 3.63) is 105 Å². The Morgan fingerprint density at radius 2 is 1.65 bits per heavy atom. The number of hydrogen-bond acceptors (Lipinski definition) is 6. The highest BCUT2D eigenvalue weighted by atomic mass is 16.2. The molecular formula is C24H20N4O3. The summed E-state index contributed by atoms with van der Waals surface area (Å²) in [6, 6.07) is 17.6. The fraction of sp³-hybridized carbons (Fsp3) is 0.0833. The molecule has 31 heavy (non-hydrogen) atoms. The number of hydrogen-bond donors (Lipinski definition) is 3. The Morgan fingerprint density at radius 3 is 2.35 bits per heavy atom. The van der Waals surface area contributed by atoms with Crippen LogP contribution in [0.3, 0.4) is 0 Å². The predicted octanol–water partition coefficient (Wildman–Crippen LogP) is 3.04. The van der Waals surface area contributed by atoms with Gasteiger partial charge in [0, 0.05) is 18.1 Å². The molecule has 0 bridgehead atoms. The van der Waals surface area contributed by atoms with E-state index in [0.29, 0.717) is 11.3 Å². The Bertz CT molecular complexity index is 1320. The van der Waals surface area contributed by atoms with Gasteiger partial charge in [-0.2, -0.15) is 0 Å². The Balaban J connectivity index is 1.67. The molecule has 4 rings (SSSR count). The number of aromatic nitrogens is 1. The molecule has 0 aliphatic carbocycles. The van der Waals surface area contributed by atoms with Crippen molar-refractivity contribution in [2.45, 2.75) is 13.0 Å². The van der Waals surface area contributed by atoms with Gasteiger partial charge in [0.1, 0.15) is 17.4 Å². The lowest BCUT2D eigenvalue weighted by Gasteiger charge is -2.21. The van der Waals surface area contributed by atoms with Gasteiger partial charge >= 0.3 is 0 Å². The number of benzene rings is 2. The Labute approximate surface area is 178 Å². The molecule has 1 heterocycles. The maximum absolute atomic E-state index is 12.3. The maximum atomic E-state index is 12.3. The van der Waals surface area contributed by atoms with Gasteiger partial charge in [0.05, 0.1) is 0 Å². The van der Waals surface area contributed by atoms with Crippen LogP contribution in [0.25, 0.3) is 11.1 Å². The second-order valence-corrected chi connectivity index (χ2v) is 7.19. The van der Waals surface area contributed by atoms with Crippen LogP contribution in [0, 0.1) is 6.92 Å². The van der Waals surface area contributed by atoms with E-state index < -0.39 is 22.8 Å². The highest BCUT2D eigenvalue weighted by Crippen LogP contribution is 2.29. The summed E-state index contributed by atoms with van der Waals surface area (Å²) in [5.74, 6) is -0.662. The summed E-state index contributed by atoms with van der Waals surface area (Å²) < 4.78 is 0. The number of amides is 1. The summed E-state index contributed by atoms with van der Waals surface area (Å²) in [5, 5.41) is 5.77. The minimum atomic E-state index is -0.981. The van der Waals surface area contributed by atoms with Crippen LogP contribution >= 0.6 is 0 Å². The van der Waals surface area contributed by atoms with E-state index in [1.807, 2.05) is 49.4 Å². The van der Waals surface area contributed by atoms with Crippen LogP contribution in [0.4, 0.5) is 17.1 Å². The third-order valence-corrected chi connectivity index (χ3v) is 5.11. The van der Waals surface area contributed by atoms with Crippen LogP contribution in [0.1, 0.15) is 17.2 Å². The monoisotopic (exact) mass is 412 g/mol. The number of anilines is 3. The van der Waals surface area contributed by atoms with Crippen LogP contribution in [0.5, 0.6) is 0 Å². The van der Waals surface area contributed by atoms with Crippen molar-refractivity contribution in [1.29, 1.82) is 0 Å². The molecule has 0 radical (unpaired) electrons. The molecule has 4 aromatic rings. The minimum absolute atomic E-state index is 0.0342. The molecule has 7 nitrogen and oxygen atoms in total. The lowest BCUT2D eigenvalue weighted by molar-refractivity contribution is -0.118. The van der Waals surface area contributed by atoms with Gasteiger partial charge in [-0.25, -0.2) is 0 Å². The number of pyridine rings is 1. The second-order valence-electron chi connectivity index (χ2n) is 7.19. The van der Waals surface area contributed by atoms with E-state index >= 15 is 0 Å². The van der Waals surface area contributed by atoms with Gasteiger partial charge in [0.2, 0.25) is 5.91 Å². The molecule has 7 heteroatoms. The van der Waals surface area contributed by atoms with Crippen molar-refractivity contribution in [1.82, 2.24) is 4.98 Å². The van der Waals surface area contributed by atoms with Crippen LogP contribution in [0.2, 0.25) is 0 Å². The summed E-state index contributed by atoms with van der Waals surface area (Å²) in [6.07, 6.45) is 3.12. The number of primary amides is 1. The number of carbonyl (C=O) groups is 1. The standard InChI is InChI=1S/C24H20N4O3/c1-14-5-2-3-8-18(14)15-6-4-7-16(13-15)19(24(25)31)28-21-20(22(29)23(21)30)27-17-9-11-26-12-10-17/h2-13,19,28H,1H3,(H2,25,31)(H,26,27). The zero-order valence-electron chi connectivity index (χ0n) is 16.8. The number of aryl methyl sites for hydroxylation is 1. The summed E-state index contributed by atoms with van der Waals surface area (Å²) in [5.41, 5.74) is 8.65. The van der Waals surface area contributed by atoms with E-state index in [4.69, 9.17) is 5.73 Å². The van der Waals surface area contributed by atoms with E-state index in [2.05, 4.69) is 15.6 Å². The van der Waals surface area contributed by atoms with Gasteiger partial charge in [-0.15, -0.1) is 0 Å². The van der Waals surface area contributed by atoms with E-state index in [1.54, 1.807) is 30.6 Å². The summed E-state index contributed by atoms with van der Waals surface area (Å²) in [7, 11) is 0. The van der Waals surface area contributed by atoms with E-state index in [-0.39, 0.29) is 11.4 Å². The SMILES string of the molecule is Cc1ccccc1-c1cccc(C(Nc2c(Nc3ccncc3)c(=O)c2=O)C(N)=O)c1. The molecule has 0 spiro atoms. The molecule has 0 aliphatic rings. The van der Waals surface area contributed by atoms with Crippen molar-refractivity contribution in [2.75, 3.05) is 10.6 Å². The Hall–Kier alpha value is -4.26. The molecular weight excluding hydrogens is 392 g/mol. The first-order chi connectivity index (χ1) is 15.0. The Morgan fingerprint density at radius 1 is 0.935 bits per heavy atom. The predicted molar refractivity (Wildman–Crippen MR) is 121 cm³/mol. The second kappa shape index (κ2) is 8.23. The van der Waals surface area contributed by atoms with Crippen molar-refractivity contribution in [2.24, 2.45) is 5.73 Å². The highest BCUT2D eigenvalue weighted by Gasteiger charge is 2.27. The number of nitrogens with one attached hydrogen (secondary N) is 2. The molecule has 0 saturated heterocycles. The van der Waals surface area contributed by atoms with E-state index in [0.717, 1.165) is 16.7 Å². The highest BCUT2D eigenvalue weighted by molar-refractivity contribution is 5.88. The maximum Gasteiger partial charge on any atom is 0.253 e. The summed E-state index contributed by atoms with van der Waals surface area (Å²) >= 11 is 0. The third-order valence-electron chi connectivity index (χ3n) is 5.11. The molecule has 0 fully saturated rings. The molecule has 0 aliphatic heterocycles. The Kier molecular flexibility index (Phi) is 5.32. The fourth-order valence-electron chi connectivity index (χ4n) is 3.47. The van der Waals surface area contributed by atoms with Gasteiger partial charge < -0.3 is 16.4 Å². The van der Waals surface area contributed by atoms with Gasteiger partial charge in [0.25, 0.3) is 10.9 Å². The molecule has 154 valence electrons. The first-order valence-electron chi connectivity index (χ1n) is 9.68. The molecule has 1 unspecified atom stereocenters. The third kappa shape index (κ3) is 3.93. The van der Waals surface area contributed by atoms with E-state index in [9.17, 15) is 14.4 Å². The van der Waals surface area contributed by atoms with Crippen LogP contribution in [-0.4, -0.2) is 10.9 Å². The normalized spacial score (nSPS) is 11.8. The lowest BCUT2D eigenvalue weighted by atomic mass is 9.96. The zero-order valence-corrected chi connectivity index (χ0v) is 16.8. The number of rotatable bonds is 7. The molecule has 4 N–H and O–H groups in total. The van der Waals surface area contributed by atoms with Gasteiger partial charge in [-0.05, 0) is 47.4 Å². The largest absolute Gasteiger partial charge is 0.368 e. The summed E-state index contributed by atoms with van der Waals surface area (Å²) in [4.78, 5) is 40.5. The average Bonchev–Trinajstić information content (AvgIpc) is 2.79. The number of nitrogens with zero attached hydrogens (tertiary/aromatic N) is 1.